The summed E-state index contributed by atoms with van der Waals surface area (Å²) in [6.07, 6.45) is 5.55. The molecule has 2 aromatic carbocycles. The molecule has 28 heavy (non-hydrogen) atoms. The van der Waals surface area contributed by atoms with Crippen LogP contribution in [0, 0.1) is 5.41 Å². The first kappa shape index (κ1) is 19.3. The van der Waals surface area contributed by atoms with Gasteiger partial charge in [-0.1, -0.05) is 18.2 Å². The second kappa shape index (κ2) is 8.14. The van der Waals surface area contributed by atoms with Crippen molar-refractivity contribution < 1.29 is 18.9 Å². The van der Waals surface area contributed by atoms with Crippen molar-refractivity contribution in [3.8, 4) is 17.2 Å². The van der Waals surface area contributed by atoms with E-state index in [4.69, 9.17) is 18.9 Å². The van der Waals surface area contributed by atoms with Crippen LogP contribution in [0.25, 0.3) is 0 Å². The number of fused-ring (bicyclic) bond motifs is 3. The molecule has 5 rings (SSSR count). The third-order valence-electron chi connectivity index (χ3n) is 6.37. The van der Waals surface area contributed by atoms with Crippen LogP contribution < -0.4 is 9.47 Å². The van der Waals surface area contributed by atoms with E-state index in [2.05, 4.69) is 19.1 Å². The van der Waals surface area contributed by atoms with E-state index in [9.17, 15) is 0 Å². The van der Waals surface area contributed by atoms with Crippen LogP contribution >= 0.6 is 0 Å². The Kier molecular flexibility index (Phi) is 5.61. The Balaban J connectivity index is 1.54. The van der Waals surface area contributed by atoms with E-state index >= 15 is 0 Å². The van der Waals surface area contributed by atoms with Crippen molar-refractivity contribution in [3.05, 3.63) is 54.1 Å². The minimum absolute atomic E-state index is 0.225. The number of hydrogen-bond acceptors (Lipinski definition) is 4. The van der Waals surface area contributed by atoms with Gasteiger partial charge in [-0.2, -0.15) is 0 Å². The molecule has 0 aromatic heterocycles. The van der Waals surface area contributed by atoms with Gasteiger partial charge in [0.1, 0.15) is 17.2 Å². The lowest BCUT2D eigenvalue weighted by Crippen LogP contribution is -2.49. The Morgan fingerprint density at radius 2 is 1.68 bits per heavy atom. The van der Waals surface area contributed by atoms with Crippen molar-refractivity contribution >= 4 is 0 Å². The van der Waals surface area contributed by atoms with Gasteiger partial charge in [0.2, 0.25) is 0 Å². The van der Waals surface area contributed by atoms with Crippen molar-refractivity contribution in [3.63, 3.8) is 0 Å². The summed E-state index contributed by atoms with van der Waals surface area (Å²) in [6.45, 7) is 4.49. The van der Waals surface area contributed by atoms with Gasteiger partial charge >= 0.3 is 0 Å². The average molecular weight is 383 g/mol. The van der Waals surface area contributed by atoms with Gasteiger partial charge in [-0.05, 0) is 74.3 Å². The molecule has 0 atom stereocenters. The Hall–Kier alpha value is -2.04. The molecule has 0 amide bonds. The van der Waals surface area contributed by atoms with Crippen LogP contribution in [0.3, 0.4) is 0 Å². The maximum atomic E-state index is 6.52. The standard InChI is InChI=1S/C24H30O4/c1-3-26-14-13-23-9-11-24(12-10-23,27-18-23)19-15-21(25-2)17-22(16-19)28-20-7-5-4-6-8-20/h4-8,15-17H,3,9-14,18H2,1-2H3. The SMILES string of the molecule is CCOCCC12CCC(c3cc(OC)cc(Oc4ccccc4)c3)(CC1)OC2. The predicted molar refractivity (Wildman–Crippen MR) is 109 cm³/mol. The second-order valence-electron chi connectivity index (χ2n) is 8.04. The number of para-hydroxylation sites is 1. The lowest BCUT2D eigenvalue weighted by molar-refractivity contribution is -0.194. The van der Waals surface area contributed by atoms with E-state index in [1.165, 1.54) is 12.8 Å². The Bertz CT molecular complexity index is 762. The van der Waals surface area contributed by atoms with Gasteiger partial charge in [-0.3, -0.25) is 0 Å². The van der Waals surface area contributed by atoms with Gasteiger partial charge < -0.3 is 18.9 Å². The van der Waals surface area contributed by atoms with Crippen molar-refractivity contribution in [1.29, 1.82) is 0 Å². The monoisotopic (exact) mass is 382 g/mol. The number of hydrogen-bond donors (Lipinski definition) is 0. The summed E-state index contributed by atoms with van der Waals surface area (Å²) in [5, 5.41) is 0. The predicted octanol–water partition coefficient (Wildman–Crippen LogP) is 5.70. The number of ether oxygens (including phenoxy) is 4. The molecule has 3 fully saturated rings. The summed E-state index contributed by atoms with van der Waals surface area (Å²) < 4.78 is 23.8. The molecule has 0 unspecified atom stereocenters. The number of methoxy groups -OCH3 is 1. The minimum Gasteiger partial charge on any atom is -0.497 e. The van der Waals surface area contributed by atoms with Crippen molar-refractivity contribution in [2.75, 3.05) is 26.9 Å². The van der Waals surface area contributed by atoms with E-state index in [-0.39, 0.29) is 5.60 Å². The molecule has 0 N–H and O–H groups in total. The topological polar surface area (TPSA) is 36.9 Å². The largest absolute Gasteiger partial charge is 0.497 e. The van der Waals surface area contributed by atoms with Crippen LogP contribution in [0.2, 0.25) is 0 Å². The zero-order chi connectivity index (χ0) is 19.5. The summed E-state index contributed by atoms with van der Waals surface area (Å²) in [5.74, 6) is 2.42. The molecule has 2 heterocycles. The van der Waals surface area contributed by atoms with Crippen molar-refractivity contribution in [1.82, 2.24) is 0 Å². The molecule has 4 heteroatoms. The van der Waals surface area contributed by atoms with E-state index < -0.39 is 0 Å². The van der Waals surface area contributed by atoms with Crippen LogP contribution in [-0.2, 0) is 15.1 Å². The third kappa shape index (κ3) is 3.89. The molecule has 4 nitrogen and oxygen atoms in total. The zero-order valence-electron chi connectivity index (χ0n) is 16.9. The van der Waals surface area contributed by atoms with Gasteiger partial charge in [0.15, 0.2) is 0 Å². The summed E-state index contributed by atoms with van der Waals surface area (Å²) >= 11 is 0. The fraction of sp³-hybridized carbons (Fsp3) is 0.500. The maximum absolute atomic E-state index is 6.52. The molecule has 2 saturated heterocycles. The Morgan fingerprint density at radius 1 is 0.929 bits per heavy atom. The van der Waals surface area contributed by atoms with Crippen LogP contribution in [-0.4, -0.2) is 26.9 Å². The van der Waals surface area contributed by atoms with Gasteiger partial charge in [-0.25, -0.2) is 0 Å². The molecule has 3 aliphatic rings. The first-order valence-electron chi connectivity index (χ1n) is 10.3. The second-order valence-corrected chi connectivity index (χ2v) is 8.04. The summed E-state index contributed by atoms with van der Waals surface area (Å²) in [6, 6.07) is 16.0. The van der Waals surface area contributed by atoms with Crippen LogP contribution in [0.15, 0.2) is 48.5 Å². The number of rotatable bonds is 8. The fourth-order valence-electron chi connectivity index (χ4n) is 4.53. The zero-order valence-corrected chi connectivity index (χ0v) is 16.9. The van der Waals surface area contributed by atoms with E-state index in [1.54, 1.807) is 7.11 Å². The lowest BCUT2D eigenvalue weighted by Gasteiger charge is -2.53. The Labute approximate surface area is 167 Å². The smallest absolute Gasteiger partial charge is 0.131 e. The van der Waals surface area contributed by atoms with E-state index in [0.29, 0.717) is 5.41 Å². The van der Waals surface area contributed by atoms with E-state index in [1.807, 2.05) is 36.4 Å². The quantitative estimate of drug-likeness (QED) is 0.549. The average Bonchev–Trinajstić information content (AvgIpc) is 2.76. The highest BCUT2D eigenvalue weighted by molar-refractivity contribution is 5.43. The normalized spacial score (nSPS) is 26.2. The highest BCUT2D eigenvalue weighted by Gasteiger charge is 2.50. The van der Waals surface area contributed by atoms with E-state index in [0.717, 1.165) is 61.9 Å². The van der Waals surface area contributed by atoms with Crippen LogP contribution in [0.5, 0.6) is 17.2 Å². The van der Waals surface area contributed by atoms with Gasteiger partial charge in [0.05, 0.1) is 19.3 Å². The molecule has 2 aliphatic heterocycles. The maximum Gasteiger partial charge on any atom is 0.131 e. The molecular weight excluding hydrogens is 352 g/mol. The molecule has 1 aliphatic carbocycles. The summed E-state index contributed by atoms with van der Waals surface area (Å²) in [7, 11) is 1.70. The lowest BCUT2D eigenvalue weighted by atomic mass is 9.63. The van der Waals surface area contributed by atoms with Gasteiger partial charge in [-0.15, -0.1) is 0 Å². The van der Waals surface area contributed by atoms with Crippen LogP contribution in [0.1, 0.15) is 44.6 Å². The molecule has 2 bridgehead atoms. The fourth-order valence-corrected chi connectivity index (χ4v) is 4.53. The van der Waals surface area contributed by atoms with Crippen molar-refractivity contribution in [2.24, 2.45) is 5.41 Å². The molecule has 150 valence electrons. The van der Waals surface area contributed by atoms with Crippen molar-refractivity contribution in [2.45, 2.75) is 44.6 Å². The first-order chi connectivity index (χ1) is 13.7. The van der Waals surface area contributed by atoms with Gasteiger partial charge in [0, 0.05) is 19.3 Å². The molecular formula is C24H30O4. The highest BCUT2D eigenvalue weighted by Crippen LogP contribution is 2.55. The highest BCUT2D eigenvalue weighted by atomic mass is 16.5. The first-order valence-corrected chi connectivity index (χ1v) is 10.3. The Morgan fingerprint density at radius 3 is 2.32 bits per heavy atom. The van der Waals surface area contributed by atoms with Gasteiger partial charge in [0.25, 0.3) is 0 Å². The molecule has 1 saturated carbocycles. The molecule has 0 spiro atoms. The summed E-state index contributed by atoms with van der Waals surface area (Å²) in [5.41, 5.74) is 1.23. The summed E-state index contributed by atoms with van der Waals surface area (Å²) in [4.78, 5) is 0. The molecule has 2 aromatic rings. The molecule has 0 radical (unpaired) electrons. The third-order valence-corrected chi connectivity index (χ3v) is 6.37. The van der Waals surface area contributed by atoms with Crippen LogP contribution in [0.4, 0.5) is 0 Å². The number of benzene rings is 2. The minimum atomic E-state index is -0.225.